The van der Waals surface area contributed by atoms with Crippen LogP contribution in [0.1, 0.15) is 42.0 Å². The maximum Gasteiger partial charge on any atom is 0.289 e. The normalized spacial score (nSPS) is 15.6. The average molecular weight is 256 g/mol. The highest BCUT2D eigenvalue weighted by Gasteiger charge is 2.30. The van der Waals surface area contributed by atoms with Crippen molar-refractivity contribution in [3.63, 3.8) is 0 Å². The fourth-order valence-electron chi connectivity index (χ4n) is 2.07. The Morgan fingerprint density at radius 3 is 2.76 bits per heavy atom. The topological polar surface area (TPSA) is 33.5 Å². The molecule has 1 amide bonds. The van der Waals surface area contributed by atoms with Gasteiger partial charge in [-0.1, -0.05) is 0 Å². The fourth-order valence-corrected chi connectivity index (χ4v) is 2.19. The van der Waals surface area contributed by atoms with E-state index in [1.54, 1.807) is 6.07 Å². The number of furan rings is 1. The van der Waals surface area contributed by atoms with Gasteiger partial charge in [0.25, 0.3) is 5.91 Å². The van der Waals surface area contributed by atoms with Gasteiger partial charge >= 0.3 is 0 Å². The lowest BCUT2D eigenvalue weighted by molar-refractivity contribution is 0.0547. The first-order chi connectivity index (χ1) is 8.22. The predicted molar refractivity (Wildman–Crippen MR) is 67.5 cm³/mol. The van der Waals surface area contributed by atoms with Crippen molar-refractivity contribution < 1.29 is 9.21 Å². The second-order valence-corrected chi connectivity index (χ2v) is 4.91. The van der Waals surface area contributed by atoms with Crippen molar-refractivity contribution in [2.75, 3.05) is 12.4 Å². The molecule has 1 aromatic rings. The molecule has 2 rings (SSSR count). The van der Waals surface area contributed by atoms with Gasteiger partial charge in [-0.25, -0.2) is 0 Å². The van der Waals surface area contributed by atoms with Gasteiger partial charge < -0.3 is 9.32 Å². The molecule has 0 aromatic carbocycles. The molecule has 0 unspecified atom stereocenters. The zero-order chi connectivity index (χ0) is 12.3. The second-order valence-electron chi connectivity index (χ2n) is 4.54. The summed E-state index contributed by atoms with van der Waals surface area (Å²) in [6.45, 7) is 2.58. The summed E-state index contributed by atoms with van der Waals surface area (Å²) in [5.41, 5.74) is 0. The molecule has 3 nitrogen and oxygen atoms in total. The summed E-state index contributed by atoms with van der Waals surface area (Å²) in [5.74, 6) is 1.82. The summed E-state index contributed by atoms with van der Waals surface area (Å²) < 4.78 is 5.40. The van der Waals surface area contributed by atoms with Crippen LogP contribution < -0.4 is 0 Å². The number of amides is 1. The van der Waals surface area contributed by atoms with Gasteiger partial charge in [0.15, 0.2) is 5.76 Å². The minimum atomic E-state index is 0.00733. The van der Waals surface area contributed by atoms with Crippen LogP contribution in [0.3, 0.4) is 0 Å². The molecule has 0 saturated heterocycles. The summed E-state index contributed by atoms with van der Waals surface area (Å²) in [4.78, 5) is 14.2. The summed E-state index contributed by atoms with van der Waals surface area (Å²) in [7, 11) is 0. The monoisotopic (exact) mass is 255 g/mol. The van der Waals surface area contributed by atoms with E-state index in [0.717, 1.165) is 31.6 Å². The molecule has 1 aliphatic carbocycles. The lowest BCUT2D eigenvalue weighted by atomic mass is 9.91. The van der Waals surface area contributed by atoms with Crippen molar-refractivity contribution in [2.24, 2.45) is 0 Å². The molecule has 1 aliphatic rings. The van der Waals surface area contributed by atoms with Crippen LogP contribution in [0.4, 0.5) is 0 Å². The smallest absolute Gasteiger partial charge is 0.289 e. The van der Waals surface area contributed by atoms with E-state index in [1.807, 2.05) is 17.9 Å². The molecule has 17 heavy (non-hydrogen) atoms. The standard InChI is InChI=1S/C13H18ClNO2/c1-10-6-7-12(17-10)13(16)15(9-3-8-14)11-4-2-5-11/h6-7,11H,2-5,8-9H2,1H3. The van der Waals surface area contributed by atoms with E-state index >= 15 is 0 Å². The highest BCUT2D eigenvalue weighted by molar-refractivity contribution is 6.17. The van der Waals surface area contributed by atoms with E-state index < -0.39 is 0 Å². The molecule has 0 spiro atoms. The average Bonchev–Trinajstić information content (AvgIpc) is 2.67. The van der Waals surface area contributed by atoms with E-state index in [2.05, 4.69) is 0 Å². The van der Waals surface area contributed by atoms with E-state index in [4.69, 9.17) is 16.0 Å². The van der Waals surface area contributed by atoms with Crippen LogP contribution in [0.25, 0.3) is 0 Å². The molecule has 0 atom stereocenters. The van der Waals surface area contributed by atoms with Gasteiger partial charge in [-0.3, -0.25) is 4.79 Å². The van der Waals surface area contributed by atoms with Crippen LogP contribution in [0.5, 0.6) is 0 Å². The maximum absolute atomic E-state index is 12.3. The molecule has 1 fully saturated rings. The highest BCUT2D eigenvalue weighted by Crippen LogP contribution is 2.26. The molecule has 4 heteroatoms. The number of rotatable bonds is 5. The summed E-state index contributed by atoms with van der Waals surface area (Å²) in [6, 6.07) is 3.97. The Labute approximate surface area is 107 Å². The SMILES string of the molecule is Cc1ccc(C(=O)N(CCCCl)C2CCC2)o1. The van der Waals surface area contributed by atoms with Crippen LogP contribution in [0, 0.1) is 6.92 Å². The lowest BCUT2D eigenvalue weighted by Crippen LogP contribution is -2.44. The largest absolute Gasteiger partial charge is 0.456 e. The minimum Gasteiger partial charge on any atom is -0.456 e. The van der Waals surface area contributed by atoms with Crippen molar-refractivity contribution in [3.8, 4) is 0 Å². The second kappa shape index (κ2) is 5.58. The molecule has 0 aliphatic heterocycles. The van der Waals surface area contributed by atoms with Gasteiger partial charge in [-0.2, -0.15) is 0 Å². The molecule has 0 radical (unpaired) electrons. The van der Waals surface area contributed by atoms with Crippen molar-refractivity contribution in [1.82, 2.24) is 4.90 Å². The molecule has 1 aromatic heterocycles. The summed E-state index contributed by atoms with van der Waals surface area (Å²) in [5, 5.41) is 0. The molecular formula is C13H18ClNO2. The number of hydrogen-bond donors (Lipinski definition) is 0. The van der Waals surface area contributed by atoms with Crippen LogP contribution >= 0.6 is 11.6 Å². The Morgan fingerprint density at radius 2 is 2.29 bits per heavy atom. The van der Waals surface area contributed by atoms with Crippen molar-refractivity contribution in [3.05, 3.63) is 23.7 Å². The number of aryl methyl sites for hydroxylation is 1. The summed E-state index contributed by atoms with van der Waals surface area (Å²) >= 11 is 5.70. The first-order valence-electron chi connectivity index (χ1n) is 6.15. The zero-order valence-electron chi connectivity index (χ0n) is 10.1. The van der Waals surface area contributed by atoms with Crippen LogP contribution in [-0.2, 0) is 0 Å². The van der Waals surface area contributed by atoms with E-state index in [1.165, 1.54) is 6.42 Å². The fraction of sp³-hybridized carbons (Fsp3) is 0.615. The van der Waals surface area contributed by atoms with Gasteiger partial charge in [0, 0.05) is 18.5 Å². The Bertz CT molecular complexity index is 385. The number of nitrogens with zero attached hydrogens (tertiary/aromatic N) is 1. The van der Waals surface area contributed by atoms with Crippen molar-refractivity contribution >= 4 is 17.5 Å². The van der Waals surface area contributed by atoms with Crippen LogP contribution in [0.2, 0.25) is 0 Å². The van der Waals surface area contributed by atoms with E-state index in [9.17, 15) is 4.79 Å². The Hall–Kier alpha value is -0.960. The minimum absolute atomic E-state index is 0.00733. The first-order valence-corrected chi connectivity index (χ1v) is 6.69. The highest BCUT2D eigenvalue weighted by atomic mass is 35.5. The first kappa shape index (κ1) is 12.5. The van der Waals surface area contributed by atoms with Gasteiger partial charge in [-0.05, 0) is 44.7 Å². The lowest BCUT2D eigenvalue weighted by Gasteiger charge is -2.37. The number of carbonyl (C=O) groups is 1. The van der Waals surface area contributed by atoms with Crippen LogP contribution in [-0.4, -0.2) is 29.3 Å². The number of alkyl halides is 1. The van der Waals surface area contributed by atoms with E-state index in [-0.39, 0.29) is 5.91 Å². The Balaban J connectivity index is 2.06. The number of hydrogen-bond acceptors (Lipinski definition) is 2. The van der Waals surface area contributed by atoms with Crippen molar-refractivity contribution in [1.29, 1.82) is 0 Å². The third kappa shape index (κ3) is 2.83. The predicted octanol–water partition coefficient (Wildman–Crippen LogP) is 3.21. The number of carbonyl (C=O) groups excluding carboxylic acids is 1. The zero-order valence-corrected chi connectivity index (χ0v) is 10.9. The van der Waals surface area contributed by atoms with Gasteiger partial charge in [0.1, 0.15) is 5.76 Å². The van der Waals surface area contributed by atoms with Gasteiger partial charge in [0.2, 0.25) is 0 Å². The van der Waals surface area contributed by atoms with E-state index in [0.29, 0.717) is 17.7 Å². The quantitative estimate of drug-likeness (QED) is 0.757. The molecule has 1 heterocycles. The molecule has 1 saturated carbocycles. The molecule has 94 valence electrons. The third-order valence-electron chi connectivity index (χ3n) is 3.26. The number of halogens is 1. The molecular weight excluding hydrogens is 238 g/mol. The van der Waals surface area contributed by atoms with Gasteiger partial charge in [-0.15, -0.1) is 11.6 Å². The maximum atomic E-state index is 12.3. The van der Waals surface area contributed by atoms with Crippen molar-refractivity contribution in [2.45, 2.75) is 38.6 Å². The Kier molecular flexibility index (Phi) is 4.11. The molecule has 0 N–H and O–H groups in total. The summed E-state index contributed by atoms with van der Waals surface area (Å²) in [6.07, 6.45) is 4.26. The van der Waals surface area contributed by atoms with Crippen LogP contribution in [0.15, 0.2) is 16.5 Å². The molecule has 0 bridgehead atoms. The third-order valence-corrected chi connectivity index (χ3v) is 3.53. The van der Waals surface area contributed by atoms with Gasteiger partial charge in [0.05, 0.1) is 0 Å². The Morgan fingerprint density at radius 1 is 1.53 bits per heavy atom.